The Balaban J connectivity index is 2.77. The van der Waals surface area contributed by atoms with Crippen molar-refractivity contribution in [2.24, 2.45) is 0 Å². The molecule has 0 saturated carbocycles. The molecule has 17 heavy (non-hydrogen) atoms. The van der Waals surface area contributed by atoms with Crippen LogP contribution in [0.5, 0.6) is 0 Å². The van der Waals surface area contributed by atoms with Crippen molar-refractivity contribution in [1.29, 1.82) is 0 Å². The number of aliphatic carboxylic acids is 1. The molecule has 0 radical (unpaired) electrons. The molecule has 94 valence electrons. The molecule has 0 aromatic carbocycles. The van der Waals surface area contributed by atoms with Gasteiger partial charge in [0.1, 0.15) is 10.9 Å². The topological polar surface area (TPSA) is 126 Å². The summed E-state index contributed by atoms with van der Waals surface area (Å²) < 4.78 is 0. The van der Waals surface area contributed by atoms with Gasteiger partial charge in [0.15, 0.2) is 5.13 Å². The summed E-state index contributed by atoms with van der Waals surface area (Å²) >= 11 is 0.993. The van der Waals surface area contributed by atoms with E-state index in [-0.39, 0.29) is 23.0 Å². The van der Waals surface area contributed by atoms with Gasteiger partial charge >= 0.3 is 5.97 Å². The number of carboxylic acid groups (broad SMARTS) is 1. The van der Waals surface area contributed by atoms with Crippen LogP contribution in [0.25, 0.3) is 0 Å². The summed E-state index contributed by atoms with van der Waals surface area (Å²) in [6.45, 7) is 1.30. The zero-order valence-corrected chi connectivity index (χ0v) is 9.95. The Morgan fingerprint density at radius 2 is 2.24 bits per heavy atom. The molecule has 1 heterocycles. The number of carbonyl (C=O) groups is 2. The number of aliphatic hydroxyl groups excluding tert-OH is 1. The van der Waals surface area contributed by atoms with E-state index in [4.69, 9.17) is 15.9 Å². The van der Waals surface area contributed by atoms with Crippen molar-refractivity contribution in [2.45, 2.75) is 19.4 Å². The molecule has 1 amide bonds. The van der Waals surface area contributed by atoms with E-state index in [1.165, 1.54) is 0 Å². The second kappa shape index (κ2) is 5.60. The lowest BCUT2D eigenvalue weighted by Gasteiger charge is -2.12. The predicted molar refractivity (Wildman–Crippen MR) is 61.9 cm³/mol. The van der Waals surface area contributed by atoms with Gasteiger partial charge in [0.05, 0.1) is 5.69 Å². The molecular weight excluding hydrogens is 246 g/mol. The van der Waals surface area contributed by atoms with Crippen LogP contribution in [0.4, 0.5) is 5.13 Å². The molecule has 0 unspecified atom stereocenters. The Labute approximate surface area is 101 Å². The zero-order chi connectivity index (χ0) is 13.0. The van der Waals surface area contributed by atoms with Crippen LogP contribution in [-0.4, -0.2) is 39.7 Å². The number of anilines is 1. The predicted octanol–water partition coefficient (Wildman–Crippen LogP) is -0.401. The lowest BCUT2D eigenvalue weighted by Crippen LogP contribution is -2.41. The van der Waals surface area contributed by atoms with Crippen molar-refractivity contribution in [3.63, 3.8) is 0 Å². The van der Waals surface area contributed by atoms with Crippen molar-refractivity contribution in [3.8, 4) is 0 Å². The monoisotopic (exact) mass is 259 g/mol. The fraction of sp³-hybridized carbons (Fsp3) is 0.444. The van der Waals surface area contributed by atoms with Crippen LogP contribution >= 0.6 is 11.3 Å². The van der Waals surface area contributed by atoms with E-state index in [2.05, 4.69) is 10.3 Å². The highest BCUT2D eigenvalue weighted by atomic mass is 32.1. The summed E-state index contributed by atoms with van der Waals surface area (Å²) in [4.78, 5) is 26.7. The third-order valence-electron chi connectivity index (χ3n) is 2.04. The first-order valence-corrected chi connectivity index (χ1v) is 5.64. The maximum Gasteiger partial charge on any atom is 0.326 e. The molecule has 0 bridgehead atoms. The fourth-order valence-electron chi connectivity index (χ4n) is 1.24. The Bertz CT molecular complexity index is 432. The third-order valence-corrected chi connectivity index (χ3v) is 3.03. The number of rotatable bonds is 5. The number of nitrogens with zero attached hydrogens (tertiary/aromatic N) is 1. The van der Waals surface area contributed by atoms with Crippen LogP contribution in [0.2, 0.25) is 0 Å². The highest BCUT2D eigenvalue weighted by Crippen LogP contribution is 2.19. The Kier molecular flexibility index (Phi) is 4.41. The quantitative estimate of drug-likeness (QED) is 0.570. The summed E-state index contributed by atoms with van der Waals surface area (Å²) in [5, 5.41) is 20.1. The van der Waals surface area contributed by atoms with Gasteiger partial charge < -0.3 is 21.3 Å². The summed E-state index contributed by atoms with van der Waals surface area (Å²) in [5.74, 6) is -1.74. The second-order valence-electron chi connectivity index (χ2n) is 3.34. The van der Waals surface area contributed by atoms with Crippen molar-refractivity contribution >= 4 is 28.3 Å². The minimum Gasteiger partial charge on any atom is -0.480 e. The number of carbonyl (C=O) groups excluding carboxylic acids is 1. The van der Waals surface area contributed by atoms with Gasteiger partial charge in [0.25, 0.3) is 5.91 Å². The van der Waals surface area contributed by atoms with Gasteiger partial charge in [-0.2, -0.15) is 0 Å². The van der Waals surface area contributed by atoms with Gasteiger partial charge in [-0.3, -0.25) is 4.79 Å². The van der Waals surface area contributed by atoms with E-state index >= 15 is 0 Å². The molecule has 0 saturated heterocycles. The number of nitrogens with one attached hydrogen (secondary N) is 1. The molecule has 5 N–H and O–H groups in total. The van der Waals surface area contributed by atoms with Gasteiger partial charge in [-0.05, 0) is 6.92 Å². The van der Waals surface area contributed by atoms with E-state index in [0.29, 0.717) is 5.69 Å². The molecule has 1 aromatic heterocycles. The Hall–Kier alpha value is -1.67. The van der Waals surface area contributed by atoms with E-state index < -0.39 is 17.9 Å². The number of hydrogen-bond donors (Lipinski definition) is 4. The van der Waals surface area contributed by atoms with Crippen molar-refractivity contribution in [2.75, 3.05) is 12.3 Å². The van der Waals surface area contributed by atoms with Crippen molar-refractivity contribution in [3.05, 3.63) is 10.6 Å². The maximum atomic E-state index is 11.7. The van der Waals surface area contributed by atoms with Gasteiger partial charge in [-0.15, -0.1) is 0 Å². The number of carboxylic acids is 1. The normalized spacial score (nSPS) is 12.1. The molecule has 0 aliphatic heterocycles. The van der Waals surface area contributed by atoms with Gasteiger partial charge in [-0.1, -0.05) is 11.3 Å². The maximum absolute atomic E-state index is 11.7. The largest absolute Gasteiger partial charge is 0.480 e. The number of thiazole rings is 1. The minimum absolute atomic E-state index is 0.0472. The first-order valence-electron chi connectivity index (χ1n) is 4.83. The minimum atomic E-state index is -1.19. The standard InChI is InChI=1S/C9H13N3O4S/c1-4-6(17-9(10)11-4)7(14)12-5(2-3-13)8(15)16/h5,13H,2-3H2,1H3,(H2,10,11)(H,12,14)(H,15,16)/t5-/m0/s1. The number of nitrogens with two attached hydrogens (primary N) is 1. The Morgan fingerprint density at radius 1 is 1.59 bits per heavy atom. The molecular formula is C9H13N3O4S. The van der Waals surface area contributed by atoms with Crippen molar-refractivity contribution < 1.29 is 19.8 Å². The molecule has 7 nitrogen and oxygen atoms in total. The highest BCUT2D eigenvalue weighted by Gasteiger charge is 2.22. The van der Waals surface area contributed by atoms with E-state index in [0.717, 1.165) is 11.3 Å². The fourth-order valence-corrected chi connectivity index (χ4v) is 1.97. The van der Waals surface area contributed by atoms with E-state index in [1.807, 2.05) is 0 Å². The third kappa shape index (κ3) is 3.40. The number of nitrogen functional groups attached to an aromatic ring is 1. The van der Waals surface area contributed by atoms with Crippen LogP contribution in [-0.2, 0) is 4.79 Å². The molecule has 8 heteroatoms. The van der Waals surface area contributed by atoms with Crippen LogP contribution in [0.1, 0.15) is 21.8 Å². The van der Waals surface area contributed by atoms with Crippen LogP contribution in [0.15, 0.2) is 0 Å². The summed E-state index contributed by atoms with van der Waals surface area (Å²) in [5.41, 5.74) is 5.89. The van der Waals surface area contributed by atoms with Crippen LogP contribution in [0.3, 0.4) is 0 Å². The zero-order valence-electron chi connectivity index (χ0n) is 9.14. The SMILES string of the molecule is Cc1nc(N)sc1C(=O)N[C@@H](CCO)C(=O)O. The number of aryl methyl sites for hydroxylation is 1. The van der Waals surface area contributed by atoms with Gasteiger partial charge in [0.2, 0.25) is 0 Å². The average Bonchev–Trinajstić information content (AvgIpc) is 2.57. The number of hydrogen-bond acceptors (Lipinski definition) is 6. The smallest absolute Gasteiger partial charge is 0.326 e. The molecule has 1 aromatic rings. The molecule has 0 spiro atoms. The van der Waals surface area contributed by atoms with E-state index in [1.54, 1.807) is 6.92 Å². The number of aliphatic hydroxyl groups is 1. The molecule has 0 aliphatic carbocycles. The van der Waals surface area contributed by atoms with Gasteiger partial charge in [0, 0.05) is 13.0 Å². The Morgan fingerprint density at radius 3 is 2.65 bits per heavy atom. The lowest BCUT2D eigenvalue weighted by molar-refractivity contribution is -0.139. The van der Waals surface area contributed by atoms with Crippen LogP contribution < -0.4 is 11.1 Å². The lowest BCUT2D eigenvalue weighted by atomic mass is 10.2. The van der Waals surface area contributed by atoms with E-state index in [9.17, 15) is 9.59 Å². The van der Waals surface area contributed by atoms with Gasteiger partial charge in [-0.25, -0.2) is 9.78 Å². The highest BCUT2D eigenvalue weighted by molar-refractivity contribution is 7.17. The average molecular weight is 259 g/mol. The number of aromatic nitrogens is 1. The summed E-state index contributed by atoms with van der Waals surface area (Å²) in [6, 6.07) is -1.12. The summed E-state index contributed by atoms with van der Waals surface area (Å²) in [7, 11) is 0. The molecule has 0 aliphatic rings. The molecule has 0 fully saturated rings. The van der Waals surface area contributed by atoms with Crippen LogP contribution in [0, 0.1) is 6.92 Å². The first kappa shape index (κ1) is 13.4. The van der Waals surface area contributed by atoms with Crippen molar-refractivity contribution in [1.82, 2.24) is 10.3 Å². The second-order valence-corrected chi connectivity index (χ2v) is 4.37. The summed E-state index contributed by atoms with van der Waals surface area (Å²) in [6.07, 6.45) is -0.0472. The molecule has 1 rings (SSSR count). The first-order chi connectivity index (χ1) is 7.95. The molecule has 1 atom stereocenters. The number of amides is 1.